The molecule has 3 N–H and O–H groups in total. The first-order valence-electron chi connectivity index (χ1n) is 11.5. The summed E-state index contributed by atoms with van der Waals surface area (Å²) >= 11 is 0. The van der Waals surface area contributed by atoms with Crippen LogP contribution in [-0.4, -0.2) is 60.0 Å². The van der Waals surface area contributed by atoms with Crippen molar-refractivity contribution in [2.45, 2.75) is 38.1 Å². The summed E-state index contributed by atoms with van der Waals surface area (Å²) in [5.74, 6) is -0.834. The molecule has 0 aliphatic carbocycles. The number of nitrogens with zero attached hydrogens (tertiary/aromatic N) is 3. The molecule has 4 rings (SSSR count). The molecule has 184 valence electrons. The molecule has 2 heterocycles. The van der Waals surface area contributed by atoms with Gasteiger partial charge in [0.15, 0.2) is 0 Å². The van der Waals surface area contributed by atoms with E-state index < -0.39 is 10.0 Å². The maximum atomic E-state index is 13.2. The molecule has 1 amide bonds. The van der Waals surface area contributed by atoms with Gasteiger partial charge < -0.3 is 15.3 Å². The quantitative estimate of drug-likeness (QED) is 0.460. The summed E-state index contributed by atoms with van der Waals surface area (Å²) in [6.45, 7) is 7.82. The number of sulfonamides is 1. The highest BCUT2D eigenvalue weighted by Crippen LogP contribution is 2.29. The van der Waals surface area contributed by atoms with E-state index in [2.05, 4.69) is 20.0 Å². The molecule has 1 aromatic heterocycles. The number of hydrogen-bond donors (Lipinski definition) is 3. The Bertz CT molecular complexity index is 1330. The molecule has 0 unspecified atom stereocenters. The number of anilines is 1. The Balaban J connectivity index is 1.63. The van der Waals surface area contributed by atoms with Gasteiger partial charge >= 0.3 is 0 Å². The van der Waals surface area contributed by atoms with E-state index in [9.17, 15) is 18.3 Å². The second kappa shape index (κ2) is 10.0. The Morgan fingerprint density at radius 2 is 1.86 bits per heavy atom. The average molecular weight is 496 g/mol. The van der Waals surface area contributed by atoms with E-state index in [-0.39, 0.29) is 34.2 Å². The van der Waals surface area contributed by atoms with Gasteiger partial charge in [-0.2, -0.15) is 4.98 Å². The molecule has 2 aromatic carbocycles. The predicted octanol–water partition coefficient (Wildman–Crippen LogP) is 3.09. The van der Waals surface area contributed by atoms with Crippen molar-refractivity contribution in [3.8, 4) is 17.1 Å². The van der Waals surface area contributed by atoms with E-state index in [1.165, 1.54) is 24.3 Å². The molecular formula is C25H29N5O4S. The Morgan fingerprint density at radius 3 is 2.51 bits per heavy atom. The second-order valence-corrected chi connectivity index (χ2v) is 10.3. The van der Waals surface area contributed by atoms with Crippen molar-refractivity contribution in [2.24, 2.45) is 0 Å². The summed E-state index contributed by atoms with van der Waals surface area (Å²) in [6, 6.07) is 13.1. The minimum atomic E-state index is -4.13. The third kappa shape index (κ3) is 5.28. The first-order valence-corrected chi connectivity index (χ1v) is 13.0. The third-order valence-electron chi connectivity index (χ3n) is 6.14. The van der Waals surface area contributed by atoms with Crippen LogP contribution in [0.1, 0.15) is 34.8 Å². The van der Waals surface area contributed by atoms with E-state index in [4.69, 9.17) is 0 Å². The minimum absolute atomic E-state index is 0.0786. The van der Waals surface area contributed by atoms with Crippen molar-refractivity contribution in [1.82, 2.24) is 20.2 Å². The van der Waals surface area contributed by atoms with E-state index in [0.717, 1.165) is 36.2 Å². The summed E-state index contributed by atoms with van der Waals surface area (Å²) < 4.78 is 28.7. The van der Waals surface area contributed by atoms with Crippen LogP contribution in [0.25, 0.3) is 11.3 Å². The molecule has 3 aromatic rings. The smallest absolute Gasteiger partial charge is 0.264 e. The number of carbonyl (C=O) groups is 1. The number of aromatic hydroxyl groups is 1. The van der Waals surface area contributed by atoms with Gasteiger partial charge in [0, 0.05) is 36.3 Å². The van der Waals surface area contributed by atoms with Gasteiger partial charge in [-0.25, -0.2) is 18.1 Å². The first kappa shape index (κ1) is 24.6. The second-order valence-electron chi connectivity index (χ2n) is 8.57. The zero-order valence-electron chi connectivity index (χ0n) is 19.9. The molecule has 1 aliphatic heterocycles. The van der Waals surface area contributed by atoms with Crippen LogP contribution in [0.5, 0.6) is 5.88 Å². The molecule has 0 saturated carbocycles. The highest BCUT2D eigenvalue weighted by molar-refractivity contribution is 7.92. The lowest BCUT2D eigenvalue weighted by Gasteiger charge is -2.27. The lowest BCUT2D eigenvalue weighted by molar-refractivity contribution is 0.0703. The van der Waals surface area contributed by atoms with Gasteiger partial charge in [0.2, 0.25) is 11.8 Å². The van der Waals surface area contributed by atoms with Crippen LogP contribution >= 0.6 is 0 Å². The maximum absolute atomic E-state index is 13.2. The van der Waals surface area contributed by atoms with Gasteiger partial charge in [-0.1, -0.05) is 24.3 Å². The zero-order chi connectivity index (χ0) is 25.2. The summed E-state index contributed by atoms with van der Waals surface area (Å²) in [5.41, 5.74) is 3.34. The molecule has 1 saturated heterocycles. The molecule has 0 bridgehead atoms. The van der Waals surface area contributed by atoms with Crippen molar-refractivity contribution in [3.63, 3.8) is 0 Å². The number of benzene rings is 2. The number of amides is 1. The number of likely N-dealkylation sites (N-methyl/N-ethyl adjacent to an activating group) is 1. The lowest BCUT2D eigenvalue weighted by Crippen LogP contribution is -2.41. The van der Waals surface area contributed by atoms with E-state index >= 15 is 0 Å². The predicted molar refractivity (Wildman–Crippen MR) is 134 cm³/mol. The molecular weight excluding hydrogens is 466 g/mol. The van der Waals surface area contributed by atoms with E-state index in [1.54, 1.807) is 11.0 Å². The van der Waals surface area contributed by atoms with Crippen LogP contribution in [0.4, 0.5) is 5.95 Å². The third-order valence-corrected chi connectivity index (χ3v) is 7.47. The number of aryl methyl sites for hydroxylation is 2. The van der Waals surface area contributed by atoms with Crippen molar-refractivity contribution >= 4 is 21.9 Å². The summed E-state index contributed by atoms with van der Waals surface area (Å²) in [6.07, 6.45) is 0.858. The Morgan fingerprint density at radius 1 is 1.14 bits per heavy atom. The van der Waals surface area contributed by atoms with Crippen LogP contribution in [-0.2, 0) is 10.0 Å². The SMILES string of the molecule is CCN(C(=O)c1cccc(S(=O)(=O)Nc2nc(O)cc(-c3c(C)cccc3C)n2)c1)[C@H]1CCNC1. The Labute approximate surface area is 205 Å². The molecule has 35 heavy (non-hydrogen) atoms. The number of nitrogens with one attached hydrogen (secondary N) is 2. The first-order chi connectivity index (χ1) is 16.7. The standard InChI is InChI=1S/C25H29N5O4S/c1-4-30(19-11-12-26-15-19)24(32)18-9-6-10-20(13-18)35(33,34)29-25-27-21(14-22(31)28-25)23-16(2)7-5-8-17(23)3/h5-10,13-14,19,26H,4,11-12,15H2,1-3H3,(H2,27,28,29,31)/t19-/m0/s1. The molecule has 1 aliphatic rings. The van der Waals surface area contributed by atoms with Gasteiger partial charge in [0.05, 0.1) is 10.6 Å². The molecule has 0 spiro atoms. The van der Waals surface area contributed by atoms with Crippen LogP contribution in [0.2, 0.25) is 0 Å². The van der Waals surface area contributed by atoms with Gasteiger partial charge in [-0.05, 0) is 63.1 Å². The van der Waals surface area contributed by atoms with Crippen molar-refractivity contribution < 1.29 is 18.3 Å². The zero-order valence-corrected chi connectivity index (χ0v) is 20.8. The Hall–Kier alpha value is -3.50. The molecule has 10 heteroatoms. The van der Waals surface area contributed by atoms with Crippen LogP contribution in [0.15, 0.2) is 53.4 Å². The molecule has 0 radical (unpaired) electrons. The summed E-state index contributed by atoms with van der Waals surface area (Å²) in [5, 5.41) is 13.4. The van der Waals surface area contributed by atoms with E-state index in [1.807, 2.05) is 39.0 Å². The Kier molecular flexibility index (Phi) is 7.04. The van der Waals surface area contributed by atoms with Gasteiger partial charge in [-0.15, -0.1) is 0 Å². The largest absolute Gasteiger partial charge is 0.493 e. The average Bonchev–Trinajstić information content (AvgIpc) is 3.33. The molecule has 1 atom stereocenters. The normalized spacial score (nSPS) is 15.7. The minimum Gasteiger partial charge on any atom is -0.493 e. The van der Waals surface area contributed by atoms with Crippen molar-refractivity contribution in [2.75, 3.05) is 24.4 Å². The number of hydrogen-bond acceptors (Lipinski definition) is 7. The highest BCUT2D eigenvalue weighted by atomic mass is 32.2. The summed E-state index contributed by atoms with van der Waals surface area (Å²) in [4.78, 5) is 23.0. The van der Waals surface area contributed by atoms with Gasteiger partial charge in [0.25, 0.3) is 15.9 Å². The maximum Gasteiger partial charge on any atom is 0.264 e. The van der Waals surface area contributed by atoms with E-state index in [0.29, 0.717) is 12.2 Å². The number of aromatic nitrogens is 2. The van der Waals surface area contributed by atoms with Crippen LogP contribution < -0.4 is 10.0 Å². The summed E-state index contributed by atoms with van der Waals surface area (Å²) in [7, 11) is -4.13. The monoisotopic (exact) mass is 495 g/mol. The van der Waals surface area contributed by atoms with Crippen LogP contribution in [0, 0.1) is 13.8 Å². The number of carbonyl (C=O) groups excluding carboxylic acids is 1. The topological polar surface area (TPSA) is 125 Å². The molecule has 1 fully saturated rings. The fourth-order valence-electron chi connectivity index (χ4n) is 4.44. The molecule has 9 nitrogen and oxygen atoms in total. The lowest BCUT2D eigenvalue weighted by atomic mass is 10.00. The fraction of sp³-hybridized carbons (Fsp3) is 0.320. The van der Waals surface area contributed by atoms with Crippen molar-refractivity contribution in [1.29, 1.82) is 0 Å². The number of rotatable bonds is 7. The van der Waals surface area contributed by atoms with Gasteiger partial charge in [-0.3, -0.25) is 4.79 Å². The van der Waals surface area contributed by atoms with Crippen molar-refractivity contribution in [3.05, 3.63) is 65.2 Å². The van der Waals surface area contributed by atoms with Gasteiger partial charge in [0.1, 0.15) is 0 Å². The highest BCUT2D eigenvalue weighted by Gasteiger charge is 2.27. The fourth-order valence-corrected chi connectivity index (χ4v) is 5.43. The van der Waals surface area contributed by atoms with Crippen LogP contribution in [0.3, 0.4) is 0 Å².